The second-order valence-corrected chi connectivity index (χ2v) is 23.1. The number of morpholine rings is 2. The van der Waals surface area contributed by atoms with Crippen molar-refractivity contribution >= 4 is 77.4 Å². The maximum atomic E-state index is 12.4. The first-order chi connectivity index (χ1) is 37.8. The Morgan fingerprint density at radius 1 is 0.475 bits per heavy atom. The van der Waals surface area contributed by atoms with Crippen molar-refractivity contribution < 1.29 is 51.2 Å². The lowest BCUT2D eigenvalue weighted by Crippen LogP contribution is -2.40. The van der Waals surface area contributed by atoms with E-state index in [-0.39, 0.29) is 35.3 Å². The molecule has 0 aromatic heterocycles. The van der Waals surface area contributed by atoms with Gasteiger partial charge in [0, 0.05) is 83.7 Å². The minimum Gasteiger partial charge on any atom is -0.465 e. The van der Waals surface area contributed by atoms with E-state index in [4.69, 9.17) is 45.5 Å². The maximum absolute atomic E-state index is 12.4. The second kappa shape index (κ2) is 35.7. The third kappa shape index (κ3) is 26.2. The molecule has 80 heavy (non-hydrogen) atoms. The molecular formula is C59H72B6F4N2O7S2+2. The number of alkyl halides is 4. The molecule has 9 nitrogen and oxygen atoms in total. The van der Waals surface area contributed by atoms with Crippen molar-refractivity contribution in [2.24, 2.45) is 0 Å². The Morgan fingerprint density at radius 2 is 0.700 bits per heavy atom. The summed E-state index contributed by atoms with van der Waals surface area (Å²) in [5, 5.41) is 8.56. The molecular weight excluding hydrogens is 1050 g/mol. The Kier molecular flexibility index (Phi) is 30.8. The standard InChI is InChI=1S/2C21H21S.C8H13F2NO3.C5H11NO2.C4H6F2O2.B6/c2*1-16-4-10-19(11-5-16)22(20-12-6-17(2)7-13-20)21-14-8-18(3)9-15-21;1-8(9,10)7(12)14-6-11-2-4-13-5-3-11;7-5-6-1-3-8-4-2-6;1-4(5,6)3(7)8-2;1-5(2)6(3)4/h2*4-15H,1-3H3;2-6H2,1H3;7H,1-5H2;1-2H3;/q2*+1;;;;. The molecule has 6 aromatic rings. The molecule has 1 N–H and O–H groups in total. The van der Waals surface area contributed by atoms with Crippen molar-refractivity contribution in [2.45, 2.75) is 96.6 Å². The fourth-order valence-corrected chi connectivity index (χ4v) is 10.9. The Balaban J connectivity index is 0.000000270. The van der Waals surface area contributed by atoms with E-state index >= 15 is 0 Å². The molecule has 0 saturated carbocycles. The number of carbonyl (C=O) groups excluding carboxylic acids is 2. The van der Waals surface area contributed by atoms with Crippen LogP contribution in [0.5, 0.6) is 0 Å². The molecule has 2 saturated heterocycles. The number of hydrogen-bond donors (Lipinski definition) is 1. The molecule has 0 aliphatic carbocycles. The molecule has 0 bridgehead atoms. The predicted octanol–water partition coefficient (Wildman–Crippen LogP) is 9.69. The number of halogens is 4. The van der Waals surface area contributed by atoms with Crippen LogP contribution in [-0.2, 0) is 50.3 Å². The van der Waals surface area contributed by atoms with E-state index in [2.05, 4.69) is 197 Å². The molecule has 2 aliphatic rings. The van der Waals surface area contributed by atoms with Gasteiger partial charge in [-0.1, -0.05) is 106 Å². The van der Waals surface area contributed by atoms with Gasteiger partial charge in [-0.15, -0.1) is 0 Å². The molecule has 8 radical (unpaired) electrons. The summed E-state index contributed by atoms with van der Waals surface area (Å²) in [4.78, 5) is 32.5. The highest BCUT2D eigenvalue weighted by atomic mass is 32.2. The fraction of sp³-hybridized carbons (Fsp3) is 0.356. The Bertz CT molecular complexity index is 2320. The molecule has 8 rings (SSSR count). The molecule has 2 heterocycles. The first-order valence-electron chi connectivity index (χ1n) is 26.0. The van der Waals surface area contributed by atoms with E-state index in [9.17, 15) is 27.2 Å². The minimum absolute atomic E-state index is 0.0394. The van der Waals surface area contributed by atoms with Crippen LogP contribution in [0, 0.1) is 41.5 Å². The number of carbonyl (C=O) groups is 2. The van der Waals surface area contributed by atoms with Gasteiger partial charge in [-0.3, -0.25) is 9.80 Å². The number of esters is 2. The highest BCUT2D eigenvalue weighted by Gasteiger charge is 2.35. The predicted molar refractivity (Wildman–Crippen MR) is 322 cm³/mol. The highest BCUT2D eigenvalue weighted by Crippen LogP contribution is 2.33. The summed E-state index contributed by atoms with van der Waals surface area (Å²) in [5.41, 5.74) is 7.83. The molecule has 2 fully saturated rings. The van der Waals surface area contributed by atoms with Gasteiger partial charge in [-0.25, -0.2) is 9.59 Å². The molecule has 0 atom stereocenters. The van der Waals surface area contributed by atoms with Crippen LogP contribution in [-0.4, -0.2) is 156 Å². The average Bonchev–Trinajstić information content (AvgIpc) is 3.46. The minimum atomic E-state index is -3.41. The number of benzene rings is 6. The van der Waals surface area contributed by atoms with Gasteiger partial charge >= 0.3 is 23.8 Å². The van der Waals surface area contributed by atoms with Crippen molar-refractivity contribution in [3.05, 3.63) is 179 Å². The van der Waals surface area contributed by atoms with E-state index in [0.717, 1.165) is 33.4 Å². The first-order valence-corrected chi connectivity index (χ1v) is 28.4. The van der Waals surface area contributed by atoms with Crippen molar-refractivity contribution in [3.8, 4) is 0 Å². The molecule has 0 unspecified atom stereocenters. The van der Waals surface area contributed by atoms with Gasteiger partial charge in [0.2, 0.25) is 0 Å². The third-order valence-electron chi connectivity index (χ3n) is 11.7. The van der Waals surface area contributed by atoms with Gasteiger partial charge < -0.3 is 24.1 Å². The van der Waals surface area contributed by atoms with Gasteiger partial charge in [0.15, 0.2) is 29.4 Å². The fourth-order valence-electron chi connectivity index (χ4n) is 6.79. The number of aliphatic hydroxyl groups is 1. The lowest BCUT2D eigenvalue weighted by atomic mass is 8.81. The zero-order chi connectivity index (χ0) is 59.4. The number of methoxy groups -OCH3 is 1. The number of aryl methyl sites for hydroxylation is 6. The maximum Gasteiger partial charge on any atom is 0.377 e. The number of aliphatic hydroxyl groups excluding tert-OH is 1. The van der Waals surface area contributed by atoms with E-state index < -0.39 is 36.6 Å². The number of hydrogen-bond acceptors (Lipinski definition) is 9. The SMILES string of the molecule is CC(F)(F)C(=O)OCN1CCOCC1.COC(=O)C(C)(F)F.Cc1ccc([S+](c2ccc(C)cc2)c2ccc(C)cc2)cc1.Cc1ccc([S+](c2ccc(C)cc2)c2ccc(C)cc2)cc1.OCN1CCOCC1.[B]B([B])B([B])[B]. The van der Waals surface area contributed by atoms with Crippen LogP contribution in [0.1, 0.15) is 47.2 Å². The molecule has 0 spiro atoms. The number of ether oxygens (including phenoxy) is 4. The van der Waals surface area contributed by atoms with Gasteiger partial charge in [0.05, 0.1) is 62.1 Å². The Labute approximate surface area is 484 Å². The Hall–Kier alpha value is -5.13. The van der Waals surface area contributed by atoms with E-state index in [1.807, 2.05) is 4.90 Å². The summed E-state index contributed by atoms with van der Waals surface area (Å²) >= 11 is 0. The van der Waals surface area contributed by atoms with E-state index in [1.54, 1.807) is 4.90 Å². The topological polar surface area (TPSA) is 97.8 Å². The summed E-state index contributed by atoms with van der Waals surface area (Å²) in [5.74, 6) is -9.75. The smallest absolute Gasteiger partial charge is 0.377 e. The summed E-state index contributed by atoms with van der Waals surface area (Å²) in [6.45, 7) is 19.5. The van der Waals surface area contributed by atoms with Gasteiger partial charge in [-0.2, -0.15) is 17.6 Å². The average molecular weight is 1130 g/mol. The van der Waals surface area contributed by atoms with Crippen LogP contribution < -0.4 is 0 Å². The number of nitrogens with zero attached hydrogens (tertiary/aromatic N) is 2. The van der Waals surface area contributed by atoms with Crippen molar-refractivity contribution in [2.75, 3.05) is 73.2 Å². The van der Waals surface area contributed by atoms with Crippen molar-refractivity contribution in [1.82, 2.24) is 9.80 Å². The van der Waals surface area contributed by atoms with Gasteiger partial charge in [0.25, 0.3) is 0 Å². The molecule has 0 amide bonds. The Morgan fingerprint density at radius 3 is 0.863 bits per heavy atom. The van der Waals surface area contributed by atoms with Crippen LogP contribution in [0.2, 0.25) is 0 Å². The molecule has 2 aliphatic heterocycles. The van der Waals surface area contributed by atoms with Crippen molar-refractivity contribution in [3.63, 3.8) is 0 Å². The summed E-state index contributed by atoms with van der Waals surface area (Å²) < 4.78 is 66.2. The third-order valence-corrected chi connectivity index (χ3v) is 16.1. The lowest BCUT2D eigenvalue weighted by Gasteiger charge is -2.26. The first kappa shape index (κ1) is 69.1. The highest BCUT2D eigenvalue weighted by molar-refractivity contribution is 7.97. The largest absolute Gasteiger partial charge is 0.465 e. The van der Waals surface area contributed by atoms with Crippen molar-refractivity contribution in [1.29, 1.82) is 0 Å². The van der Waals surface area contributed by atoms with Crippen LogP contribution >= 0.6 is 0 Å². The second-order valence-electron chi connectivity index (χ2n) is 19.1. The summed E-state index contributed by atoms with van der Waals surface area (Å²) in [7, 11) is 20.7. The van der Waals surface area contributed by atoms with Crippen LogP contribution in [0.25, 0.3) is 0 Å². The van der Waals surface area contributed by atoms with Crippen LogP contribution in [0.4, 0.5) is 17.6 Å². The lowest BCUT2D eigenvalue weighted by molar-refractivity contribution is -0.175. The quantitative estimate of drug-likeness (QED) is 0.0557. The summed E-state index contributed by atoms with van der Waals surface area (Å²) in [6.07, 6.45) is -1.19. The van der Waals surface area contributed by atoms with Crippen LogP contribution in [0.15, 0.2) is 175 Å². The summed E-state index contributed by atoms with van der Waals surface area (Å²) in [6, 6.07) is 53.6. The number of rotatable bonds is 12. The van der Waals surface area contributed by atoms with Gasteiger partial charge in [-0.05, 0) is 114 Å². The monoisotopic (exact) mass is 1130 g/mol. The van der Waals surface area contributed by atoms with E-state index in [0.29, 0.717) is 40.2 Å². The normalized spacial score (nSPS) is 13.4. The molecule has 21 heteroatoms. The van der Waals surface area contributed by atoms with Gasteiger partial charge in [0.1, 0.15) is 6.73 Å². The van der Waals surface area contributed by atoms with Crippen LogP contribution in [0.3, 0.4) is 0 Å². The zero-order valence-corrected chi connectivity index (χ0v) is 49.1. The zero-order valence-electron chi connectivity index (χ0n) is 47.5. The molecule has 416 valence electrons. The molecule has 6 aromatic carbocycles. The van der Waals surface area contributed by atoms with E-state index in [1.165, 1.54) is 62.8 Å².